The van der Waals surface area contributed by atoms with Gasteiger partial charge in [-0.1, -0.05) is 103 Å². The first kappa shape index (κ1) is 47.6. The maximum Gasteiger partial charge on any atom is 0.472 e. The highest BCUT2D eigenvalue weighted by Gasteiger charge is 2.31. The van der Waals surface area contributed by atoms with Crippen LogP contribution in [0.5, 0.6) is 0 Å². The lowest BCUT2D eigenvalue weighted by Crippen LogP contribution is -2.15. The van der Waals surface area contributed by atoms with Crippen LogP contribution < -0.4 is 5.73 Å². The Bertz CT molecular complexity index is 1540. The third kappa shape index (κ3) is 20.3. The summed E-state index contributed by atoms with van der Waals surface area (Å²) in [4.78, 5) is 21.5. The first-order valence-corrected chi connectivity index (χ1v) is 21.4. The fourth-order valence-electron chi connectivity index (χ4n) is 6.17. The van der Waals surface area contributed by atoms with Crippen molar-refractivity contribution in [3.8, 4) is 12.6 Å². The van der Waals surface area contributed by atoms with Crippen LogP contribution in [0.1, 0.15) is 152 Å². The molecule has 16 heteroatoms. The molecule has 15 nitrogen and oxygen atoms in total. The zero-order valence-corrected chi connectivity index (χ0v) is 33.6. The van der Waals surface area contributed by atoms with Gasteiger partial charge in [-0.2, -0.15) is 10.4 Å². The molecule has 0 saturated carbocycles. The minimum Gasteiger partial charge on any atom is -0.390 e. The summed E-state index contributed by atoms with van der Waals surface area (Å²) in [7, 11) is -4.14. The van der Waals surface area contributed by atoms with Gasteiger partial charge in [-0.3, -0.25) is 14.0 Å². The van der Waals surface area contributed by atoms with Crippen molar-refractivity contribution in [3.63, 3.8) is 0 Å². The topological polar surface area (TPSA) is 224 Å². The summed E-state index contributed by atoms with van der Waals surface area (Å²) in [5.74, 6) is 0.406. The van der Waals surface area contributed by atoms with Crippen LogP contribution in [-0.2, 0) is 29.7 Å². The second-order valence-corrected chi connectivity index (χ2v) is 15.0. The number of hydrogen-bond acceptors (Lipinski definition) is 13. The molecule has 3 aromatic rings. The van der Waals surface area contributed by atoms with Crippen molar-refractivity contribution in [2.45, 2.75) is 148 Å². The van der Waals surface area contributed by atoms with Crippen LogP contribution in [0.2, 0.25) is 0 Å². The maximum atomic E-state index is 12.3. The lowest BCUT2D eigenvalue weighted by atomic mass is 10.0. The van der Waals surface area contributed by atoms with Crippen LogP contribution in [0.4, 0.5) is 5.82 Å². The highest BCUT2D eigenvalue weighted by Crippen LogP contribution is 2.44. The van der Waals surface area contributed by atoms with E-state index in [1.807, 2.05) is 18.2 Å². The Hall–Kier alpha value is -3.53. The van der Waals surface area contributed by atoms with Gasteiger partial charge in [0.05, 0.1) is 49.7 Å². The largest absolute Gasteiger partial charge is 0.472 e. The van der Waals surface area contributed by atoms with Gasteiger partial charge >= 0.3 is 7.82 Å². The standard InChI is InChI=1S/C32H57N4O6P.C6H5N3O.CHN/c1-2-3-4-5-6-7-8-9-10-11-12-13-14-15-16-17-23-39-24-18-25-40-43(37,38)41-26-28-19-22-31(42-28)29-20-21-30-32(33)34-27-35-36(29)30;7-1-5-2-9-6(4-10)3-8-5;1-2/h20-21,27-28,31H,2-19,22-26H2,1H3,(H,37,38)(H2,33,34,35);2-3,10H,4H2;1H. The SMILES string of the molecule is C#N.CCCCCCCCCCCCCCCCCCOCCCOP(=O)(O)OCC1CCC(c2ccc3c(N)ncnn23)O1.N#Cc1cnc(CO)cn1. The molecule has 0 aliphatic carbocycles. The summed E-state index contributed by atoms with van der Waals surface area (Å²) in [5.41, 5.74) is 8.24. The Morgan fingerprint density at radius 3 is 2.07 bits per heavy atom. The molecule has 0 aromatic carbocycles. The first-order chi connectivity index (χ1) is 26.9. The second-order valence-electron chi connectivity index (χ2n) is 13.6. The van der Waals surface area contributed by atoms with Crippen molar-refractivity contribution in [1.29, 1.82) is 10.5 Å². The quantitative estimate of drug-likeness (QED) is 0.0488. The number of aromatic nitrogens is 5. The summed E-state index contributed by atoms with van der Waals surface area (Å²) in [5, 5.41) is 27.6. The van der Waals surface area contributed by atoms with Crippen LogP contribution >= 0.6 is 7.82 Å². The van der Waals surface area contributed by atoms with Crippen LogP contribution in [0.25, 0.3) is 5.52 Å². The predicted octanol–water partition coefficient (Wildman–Crippen LogP) is 8.31. The zero-order chi connectivity index (χ0) is 40.0. The normalized spacial score (nSPS) is 16.1. The predicted molar refractivity (Wildman–Crippen MR) is 210 cm³/mol. The summed E-state index contributed by atoms with van der Waals surface area (Å²) >= 11 is 0. The van der Waals surface area contributed by atoms with E-state index >= 15 is 0 Å². The smallest absolute Gasteiger partial charge is 0.390 e. The van der Waals surface area contributed by atoms with Crippen molar-refractivity contribution in [2.24, 2.45) is 0 Å². The molecule has 0 spiro atoms. The van der Waals surface area contributed by atoms with Crippen LogP contribution in [0, 0.1) is 23.2 Å². The van der Waals surface area contributed by atoms with Crippen LogP contribution in [0.15, 0.2) is 30.9 Å². The van der Waals surface area contributed by atoms with E-state index in [2.05, 4.69) is 33.5 Å². The zero-order valence-electron chi connectivity index (χ0n) is 32.7. The Labute approximate surface area is 327 Å². The molecule has 3 aromatic heterocycles. The Morgan fingerprint density at radius 1 is 0.873 bits per heavy atom. The fourth-order valence-corrected chi connectivity index (χ4v) is 6.96. The molecule has 4 rings (SSSR count). The highest BCUT2D eigenvalue weighted by molar-refractivity contribution is 7.47. The van der Waals surface area contributed by atoms with Gasteiger partial charge in [0.2, 0.25) is 0 Å². The Morgan fingerprint density at radius 2 is 1.49 bits per heavy atom. The van der Waals surface area contributed by atoms with Gasteiger partial charge in [0.15, 0.2) is 11.5 Å². The molecule has 4 N–H and O–H groups in total. The average molecular weight is 787 g/mol. The Kier molecular flexibility index (Phi) is 25.7. The number of rotatable bonds is 27. The summed E-state index contributed by atoms with van der Waals surface area (Å²) in [6, 6.07) is 5.60. The van der Waals surface area contributed by atoms with E-state index in [0.29, 0.717) is 31.0 Å². The first-order valence-electron chi connectivity index (χ1n) is 19.9. The monoisotopic (exact) mass is 786 g/mol. The van der Waals surface area contributed by atoms with Crippen molar-refractivity contribution in [1.82, 2.24) is 24.6 Å². The minimum atomic E-state index is -4.14. The van der Waals surface area contributed by atoms with Crippen LogP contribution in [0.3, 0.4) is 0 Å². The number of hydrogen-bond donors (Lipinski definition) is 3. The van der Waals surface area contributed by atoms with E-state index in [1.54, 1.807) is 4.52 Å². The van der Waals surface area contributed by atoms with Gasteiger partial charge in [-0.15, -0.1) is 0 Å². The molecule has 55 heavy (non-hydrogen) atoms. The molecule has 1 aliphatic rings. The van der Waals surface area contributed by atoms with E-state index in [1.165, 1.54) is 115 Å². The number of phosphoric acid groups is 1. The molecular formula is C39H63N8O7P. The summed E-state index contributed by atoms with van der Waals surface area (Å²) in [6.45, 7) is 6.96. The fraction of sp³-hybridized carbons (Fsp3) is 0.692. The molecule has 0 bridgehead atoms. The number of nitrogen functional groups attached to an aromatic ring is 1. The summed E-state index contributed by atoms with van der Waals surface area (Å²) < 4.78 is 36.0. The molecule has 0 amide bonds. The van der Waals surface area contributed by atoms with Gasteiger partial charge in [-0.05, 0) is 37.8 Å². The highest BCUT2D eigenvalue weighted by atomic mass is 31.2. The van der Waals surface area contributed by atoms with E-state index in [9.17, 15) is 9.46 Å². The third-order valence-corrected chi connectivity index (χ3v) is 10.2. The van der Waals surface area contributed by atoms with Gasteiger partial charge in [0.25, 0.3) is 0 Å². The lowest BCUT2D eigenvalue weighted by Gasteiger charge is -2.16. The van der Waals surface area contributed by atoms with Gasteiger partial charge in [0, 0.05) is 19.8 Å². The number of nitriles is 2. The Balaban J connectivity index is 0.000000745. The number of unbranched alkanes of at least 4 members (excludes halogenated alkanes) is 15. The lowest BCUT2D eigenvalue weighted by molar-refractivity contribution is 0.00431. The summed E-state index contributed by atoms with van der Waals surface area (Å²) in [6.07, 6.45) is 27.2. The van der Waals surface area contributed by atoms with Gasteiger partial charge in [-0.25, -0.2) is 24.3 Å². The van der Waals surface area contributed by atoms with E-state index in [4.69, 9.17) is 39.9 Å². The number of phosphoric ester groups is 1. The second kappa shape index (κ2) is 29.7. The number of aliphatic hydroxyl groups is 1. The maximum absolute atomic E-state index is 12.3. The third-order valence-electron chi connectivity index (χ3n) is 9.18. The van der Waals surface area contributed by atoms with E-state index in [-0.39, 0.29) is 37.7 Å². The number of aliphatic hydroxyl groups excluding tert-OH is 1. The molecular weight excluding hydrogens is 723 g/mol. The minimum absolute atomic E-state index is 0.0134. The molecule has 1 aliphatic heterocycles. The molecule has 3 unspecified atom stereocenters. The van der Waals surface area contributed by atoms with Crippen molar-refractivity contribution in [2.75, 3.05) is 32.2 Å². The number of nitrogens with two attached hydrogens (primary N) is 1. The number of fused-ring (bicyclic) bond motifs is 1. The van der Waals surface area contributed by atoms with E-state index < -0.39 is 7.82 Å². The molecule has 1 saturated heterocycles. The molecule has 1 fully saturated rings. The van der Waals surface area contributed by atoms with Gasteiger partial charge < -0.3 is 25.2 Å². The van der Waals surface area contributed by atoms with Gasteiger partial charge in [0.1, 0.15) is 24.0 Å². The molecule has 0 radical (unpaired) electrons. The van der Waals surface area contributed by atoms with Crippen LogP contribution in [-0.4, -0.2) is 67.1 Å². The van der Waals surface area contributed by atoms with Crippen molar-refractivity contribution < 1.29 is 33.1 Å². The average Bonchev–Trinajstić information content (AvgIpc) is 3.87. The number of nitrogens with zero attached hydrogens (tertiary/aromatic N) is 7. The van der Waals surface area contributed by atoms with E-state index in [0.717, 1.165) is 30.7 Å². The number of anilines is 1. The molecule has 3 atom stereocenters. The van der Waals surface area contributed by atoms with Crippen molar-refractivity contribution >= 4 is 19.2 Å². The number of ether oxygens (including phenoxy) is 2. The molecule has 4 heterocycles. The van der Waals surface area contributed by atoms with Crippen molar-refractivity contribution in [3.05, 3.63) is 47.9 Å². The molecule has 306 valence electrons.